The molecule has 1 unspecified atom stereocenters. The number of carbonyl (C=O) groups excluding carboxylic acids is 2. The highest BCUT2D eigenvalue weighted by atomic mass is 16.5. The van der Waals surface area contributed by atoms with Gasteiger partial charge in [-0.2, -0.15) is 5.26 Å². The summed E-state index contributed by atoms with van der Waals surface area (Å²) in [5.41, 5.74) is -0.456. The highest BCUT2D eigenvalue weighted by molar-refractivity contribution is 6.35. The molecule has 94 valence electrons. The Kier molecular flexibility index (Phi) is 4.07. The van der Waals surface area contributed by atoms with Crippen molar-refractivity contribution in [3.8, 4) is 6.07 Å². The minimum absolute atomic E-state index is 0.105. The highest BCUT2D eigenvalue weighted by Gasteiger charge is 2.35. The van der Waals surface area contributed by atoms with Crippen molar-refractivity contribution in [2.75, 3.05) is 19.6 Å². The summed E-state index contributed by atoms with van der Waals surface area (Å²) in [6.07, 6.45) is -0.105. The van der Waals surface area contributed by atoms with Gasteiger partial charge in [0.2, 0.25) is 0 Å². The van der Waals surface area contributed by atoms with E-state index in [4.69, 9.17) is 10.00 Å². The first kappa shape index (κ1) is 13.5. The lowest BCUT2D eigenvalue weighted by Gasteiger charge is -2.41. The van der Waals surface area contributed by atoms with Crippen LogP contribution in [0.25, 0.3) is 0 Å². The second-order valence-corrected chi connectivity index (χ2v) is 4.71. The molecule has 17 heavy (non-hydrogen) atoms. The Balaban J connectivity index is 2.63. The fraction of sp³-hybridized carbons (Fsp3) is 0.727. The molecule has 0 aromatic carbocycles. The summed E-state index contributed by atoms with van der Waals surface area (Å²) in [4.78, 5) is 24.7. The Morgan fingerprint density at radius 2 is 2.24 bits per heavy atom. The predicted octanol–water partition coefficient (Wildman–Crippen LogP) is -0.348. The van der Waals surface area contributed by atoms with E-state index in [1.807, 2.05) is 20.8 Å². The minimum Gasteiger partial charge on any atom is -0.369 e. The lowest BCUT2D eigenvalue weighted by Crippen LogP contribution is -2.56. The molecule has 1 N–H and O–H groups in total. The van der Waals surface area contributed by atoms with Crippen molar-refractivity contribution in [2.45, 2.75) is 32.5 Å². The van der Waals surface area contributed by atoms with Gasteiger partial charge in [0.1, 0.15) is 6.54 Å². The summed E-state index contributed by atoms with van der Waals surface area (Å²) in [7, 11) is 0. The van der Waals surface area contributed by atoms with Gasteiger partial charge >= 0.3 is 11.8 Å². The van der Waals surface area contributed by atoms with E-state index in [-0.39, 0.29) is 12.6 Å². The lowest BCUT2D eigenvalue weighted by atomic mass is 10.1. The van der Waals surface area contributed by atoms with E-state index in [2.05, 4.69) is 5.32 Å². The topological polar surface area (TPSA) is 82.4 Å². The van der Waals surface area contributed by atoms with Gasteiger partial charge in [-0.3, -0.25) is 9.59 Å². The molecule has 6 heteroatoms. The Labute approximate surface area is 101 Å². The van der Waals surface area contributed by atoms with E-state index in [9.17, 15) is 9.59 Å². The molecule has 0 saturated carbocycles. The molecule has 0 radical (unpaired) electrons. The zero-order valence-corrected chi connectivity index (χ0v) is 10.3. The Hall–Kier alpha value is -1.61. The van der Waals surface area contributed by atoms with E-state index in [1.54, 1.807) is 6.07 Å². The summed E-state index contributed by atoms with van der Waals surface area (Å²) in [6, 6.07) is 1.75. The van der Waals surface area contributed by atoms with E-state index in [1.165, 1.54) is 4.90 Å². The van der Waals surface area contributed by atoms with Crippen molar-refractivity contribution in [1.29, 1.82) is 5.26 Å². The van der Waals surface area contributed by atoms with Crippen molar-refractivity contribution in [2.24, 2.45) is 0 Å². The van der Waals surface area contributed by atoms with Gasteiger partial charge in [-0.05, 0) is 20.8 Å². The molecule has 1 saturated heterocycles. The van der Waals surface area contributed by atoms with Crippen LogP contribution in [-0.4, -0.2) is 48.1 Å². The van der Waals surface area contributed by atoms with Gasteiger partial charge in [-0.15, -0.1) is 0 Å². The smallest absolute Gasteiger partial charge is 0.312 e. The van der Waals surface area contributed by atoms with Gasteiger partial charge in [0.25, 0.3) is 0 Å². The van der Waals surface area contributed by atoms with Gasteiger partial charge in [-0.25, -0.2) is 0 Å². The van der Waals surface area contributed by atoms with Crippen molar-refractivity contribution < 1.29 is 14.3 Å². The normalized spacial score (nSPS) is 22.7. The number of nitriles is 1. The number of hydrogen-bond acceptors (Lipinski definition) is 4. The van der Waals surface area contributed by atoms with Crippen LogP contribution in [0, 0.1) is 11.3 Å². The SMILES string of the molecule is CC1CN(C(=O)C(=O)NCC#N)CC(C)(C)O1. The molecule has 1 fully saturated rings. The molecule has 1 rings (SSSR count). The molecule has 0 aromatic rings. The van der Waals surface area contributed by atoms with Crippen LogP contribution in [0.2, 0.25) is 0 Å². The first-order valence-corrected chi connectivity index (χ1v) is 5.47. The van der Waals surface area contributed by atoms with Crippen LogP contribution in [0.15, 0.2) is 0 Å². The number of carbonyl (C=O) groups is 2. The van der Waals surface area contributed by atoms with Gasteiger partial charge < -0.3 is 15.0 Å². The second kappa shape index (κ2) is 5.15. The summed E-state index contributed by atoms with van der Waals surface area (Å²) in [5, 5.41) is 10.6. The molecule has 1 aliphatic rings. The van der Waals surface area contributed by atoms with Crippen molar-refractivity contribution in [3.05, 3.63) is 0 Å². The van der Waals surface area contributed by atoms with Crippen LogP contribution in [0.4, 0.5) is 0 Å². The third-order valence-electron chi connectivity index (χ3n) is 2.38. The minimum atomic E-state index is -0.739. The van der Waals surface area contributed by atoms with Crippen LogP contribution in [0.3, 0.4) is 0 Å². The quantitative estimate of drug-likeness (QED) is 0.501. The molecule has 0 spiro atoms. The Morgan fingerprint density at radius 3 is 2.76 bits per heavy atom. The van der Waals surface area contributed by atoms with E-state index in [0.29, 0.717) is 13.1 Å². The third kappa shape index (κ3) is 3.71. The molecule has 1 aliphatic heterocycles. The molecule has 0 bridgehead atoms. The number of morpholine rings is 1. The predicted molar refractivity (Wildman–Crippen MR) is 59.8 cm³/mol. The van der Waals surface area contributed by atoms with Crippen molar-refractivity contribution in [1.82, 2.24) is 10.2 Å². The maximum atomic E-state index is 11.8. The number of nitrogens with one attached hydrogen (secondary N) is 1. The molecular formula is C11H17N3O3. The molecule has 1 atom stereocenters. The van der Waals surface area contributed by atoms with E-state index in [0.717, 1.165) is 0 Å². The zero-order valence-electron chi connectivity index (χ0n) is 10.3. The molecule has 6 nitrogen and oxygen atoms in total. The first-order chi connectivity index (χ1) is 7.85. The zero-order chi connectivity index (χ0) is 13.1. The van der Waals surface area contributed by atoms with Gasteiger partial charge in [0, 0.05) is 13.1 Å². The summed E-state index contributed by atoms with van der Waals surface area (Å²) in [5.74, 6) is -1.35. The Bertz CT molecular complexity index is 359. The lowest BCUT2D eigenvalue weighted by molar-refractivity contribution is -0.163. The van der Waals surface area contributed by atoms with Crippen LogP contribution < -0.4 is 5.32 Å². The Morgan fingerprint density at radius 1 is 1.59 bits per heavy atom. The molecule has 0 aromatic heterocycles. The molecule has 1 heterocycles. The standard InChI is InChI=1S/C11H17N3O3/c1-8-6-14(7-11(2,3)17-8)10(16)9(15)13-5-4-12/h8H,5-7H2,1-3H3,(H,13,15). The van der Waals surface area contributed by atoms with Crippen LogP contribution >= 0.6 is 0 Å². The van der Waals surface area contributed by atoms with Gasteiger partial charge in [-0.1, -0.05) is 0 Å². The van der Waals surface area contributed by atoms with E-state index >= 15 is 0 Å². The monoisotopic (exact) mass is 239 g/mol. The van der Waals surface area contributed by atoms with Crippen molar-refractivity contribution >= 4 is 11.8 Å². The van der Waals surface area contributed by atoms with Gasteiger partial charge in [0.05, 0.1) is 17.8 Å². The maximum absolute atomic E-state index is 11.8. The fourth-order valence-corrected chi connectivity index (χ4v) is 1.95. The van der Waals surface area contributed by atoms with Gasteiger partial charge in [0.15, 0.2) is 0 Å². The van der Waals surface area contributed by atoms with Crippen molar-refractivity contribution in [3.63, 3.8) is 0 Å². The number of hydrogen-bond donors (Lipinski definition) is 1. The first-order valence-electron chi connectivity index (χ1n) is 5.47. The molecular weight excluding hydrogens is 222 g/mol. The number of ether oxygens (including phenoxy) is 1. The second-order valence-electron chi connectivity index (χ2n) is 4.71. The average Bonchev–Trinajstić information content (AvgIpc) is 2.21. The largest absolute Gasteiger partial charge is 0.369 e. The highest BCUT2D eigenvalue weighted by Crippen LogP contribution is 2.20. The summed E-state index contributed by atoms with van der Waals surface area (Å²) in [6.45, 7) is 6.20. The number of rotatable bonds is 1. The molecule has 2 amide bonds. The number of nitrogens with zero attached hydrogens (tertiary/aromatic N) is 2. The van der Waals surface area contributed by atoms with E-state index < -0.39 is 17.4 Å². The van der Waals surface area contributed by atoms with Crippen LogP contribution in [0.1, 0.15) is 20.8 Å². The van der Waals surface area contributed by atoms with Crippen LogP contribution in [0.5, 0.6) is 0 Å². The summed E-state index contributed by atoms with van der Waals surface area (Å²) >= 11 is 0. The third-order valence-corrected chi connectivity index (χ3v) is 2.38. The average molecular weight is 239 g/mol. The maximum Gasteiger partial charge on any atom is 0.312 e. The fourth-order valence-electron chi connectivity index (χ4n) is 1.95. The summed E-state index contributed by atoms with van der Waals surface area (Å²) < 4.78 is 5.64. The number of amides is 2. The van der Waals surface area contributed by atoms with Crippen LogP contribution in [-0.2, 0) is 14.3 Å². The molecule has 0 aliphatic carbocycles.